The molecular formula is C12H15BrClFN2O. The Labute approximate surface area is 120 Å². The molecule has 1 amide bonds. The van der Waals surface area contributed by atoms with E-state index in [-0.39, 0.29) is 36.0 Å². The Morgan fingerprint density at radius 2 is 2.17 bits per heavy atom. The summed E-state index contributed by atoms with van der Waals surface area (Å²) in [7, 11) is 0. The van der Waals surface area contributed by atoms with E-state index in [2.05, 4.69) is 21.2 Å². The molecule has 1 aromatic rings. The van der Waals surface area contributed by atoms with Crippen molar-refractivity contribution >= 4 is 39.9 Å². The summed E-state index contributed by atoms with van der Waals surface area (Å²) >= 11 is 3.17. The Morgan fingerprint density at radius 3 is 2.72 bits per heavy atom. The van der Waals surface area contributed by atoms with Gasteiger partial charge >= 0.3 is 0 Å². The number of carbonyl (C=O) groups is 1. The SMILES string of the molecule is Cl.NC1CCCC1C(=O)Nc1ccc(Br)cc1F. The molecule has 18 heavy (non-hydrogen) atoms. The van der Waals surface area contributed by atoms with Gasteiger partial charge in [-0.05, 0) is 31.0 Å². The lowest BCUT2D eigenvalue weighted by atomic mass is 10.0. The van der Waals surface area contributed by atoms with E-state index in [1.807, 2.05) is 0 Å². The normalized spacial score (nSPS) is 22.4. The molecule has 1 aliphatic rings. The Balaban J connectivity index is 0.00000162. The van der Waals surface area contributed by atoms with Gasteiger partial charge in [0.15, 0.2) is 0 Å². The number of amides is 1. The number of hydrogen-bond acceptors (Lipinski definition) is 2. The number of benzene rings is 1. The Hall–Kier alpha value is -0.650. The van der Waals surface area contributed by atoms with Gasteiger partial charge in [-0.25, -0.2) is 4.39 Å². The zero-order valence-corrected chi connectivity index (χ0v) is 12.1. The number of carbonyl (C=O) groups excluding carboxylic acids is 1. The fraction of sp³-hybridized carbons (Fsp3) is 0.417. The number of nitrogens with one attached hydrogen (secondary N) is 1. The molecule has 1 aromatic carbocycles. The topological polar surface area (TPSA) is 55.1 Å². The smallest absolute Gasteiger partial charge is 0.229 e. The first kappa shape index (κ1) is 15.4. The number of nitrogens with two attached hydrogens (primary N) is 1. The molecule has 3 nitrogen and oxygen atoms in total. The van der Waals surface area contributed by atoms with Crippen LogP contribution in [0.25, 0.3) is 0 Å². The van der Waals surface area contributed by atoms with Gasteiger partial charge in [-0.15, -0.1) is 12.4 Å². The van der Waals surface area contributed by atoms with E-state index >= 15 is 0 Å². The average Bonchev–Trinajstić information content (AvgIpc) is 2.68. The lowest BCUT2D eigenvalue weighted by molar-refractivity contribution is -0.120. The van der Waals surface area contributed by atoms with Gasteiger partial charge in [-0.3, -0.25) is 4.79 Å². The maximum absolute atomic E-state index is 13.5. The highest BCUT2D eigenvalue weighted by molar-refractivity contribution is 9.10. The standard InChI is InChI=1S/C12H14BrFN2O.ClH/c13-7-4-5-11(9(14)6-7)16-12(17)8-2-1-3-10(8)15;/h4-6,8,10H,1-3,15H2,(H,16,17);1H. The van der Waals surface area contributed by atoms with Crippen molar-refractivity contribution in [3.8, 4) is 0 Å². The molecule has 0 radical (unpaired) electrons. The van der Waals surface area contributed by atoms with Gasteiger partial charge in [-0.2, -0.15) is 0 Å². The van der Waals surface area contributed by atoms with E-state index in [0.717, 1.165) is 19.3 Å². The third-order valence-electron chi connectivity index (χ3n) is 3.10. The molecule has 6 heteroatoms. The number of hydrogen-bond donors (Lipinski definition) is 2. The molecule has 0 aliphatic heterocycles. The first-order chi connectivity index (χ1) is 8.08. The minimum atomic E-state index is -0.445. The van der Waals surface area contributed by atoms with Crippen molar-refractivity contribution in [2.75, 3.05) is 5.32 Å². The first-order valence-corrected chi connectivity index (χ1v) is 6.38. The van der Waals surface area contributed by atoms with Crippen molar-refractivity contribution in [1.29, 1.82) is 0 Å². The van der Waals surface area contributed by atoms with Crippen molar-refractivity contribution in [3.05, 3.63) is 28.5 Å². The summed E-state index contributed by atoms with van der Waals surface area (Å²) in [5.41, 5.74) is 6.04. The van der Waals surface area contributed by atoms with Crippen LogP contribution in [-0.4, -0.2) is 11.9 Å². The summed E-state index contributed by atoms with van der Waals surface area (Å²) < 4.78 is 14.2. The molecule has 0 heterocycles. The van der Waals surface area contributed by atoms with Gasteiger partial charge < -0.3 is 11.1 Å². The summed E-state index contributed by atoms with van der Waals surface area (Å²) in [6.45, 7) is 0. The minimum Gasteiger partial charge on any atom is -0.327 e. The molecule has 100 valence electrons. The van der Waals surface area contributed by atoms with Gasteiger partial charge in [0.05, 0.1) is 11.6 Å². The first-order valence-electron chi connectivity index (χ1n) is 5.59. The zero-order chi connectivity index (χ0) is 12.4. The maximum Gasteiger partial charge on any atom is 0.229 e. The van der Waals surface area contributed by atoms with E-state index in [0.29, 0.717) is 4.47 Å². The van der Waals surface area contributed by atoms with Gasteiger partial charge in [-0.1, -0.05) is 22.4 Å². The lowest BCUT2D eigenvalue weighted by Gasteiger charge is -2.15. The molecule has 1 saturated carbocycles. The highest BCUT2D eigenvalue weighted by Gasteiger charge is 2.30. The molecule has 2 rings (SSSR count). The van der Waals surface area contributed by atoms with Gasteiger partial charge in [0, 0.05) is 10.5 Å². The van der Waals surface area contributed by atoms with Crippen molar-refractivity contribution in [2.24, 2.45) is 11.7 Å². The summed E-state index contributed by atoms with van der Waals surface area (Å²) in [6.07, 6.45) is 2.61. The molecule has 3 N–H and O–H groups in total. The molecule has 0 aromatic heterocycles. The van der Waals surface area contributed by atoms with E-state index in [1.165, 1.54) is 12.1 Å². The van der Waals surface area contributed by atoms with E-state index in [1.54, 1.807) is 6.07 Å². The second-order valence-corrected chi connectivity index (χ2v) is 5.23. The van der Waals surface area contributed by atoms with Crippen molar-refractivity contribution in [1.82, 2.24) is 0 Å². The van der Waals surface area contributed by atoms with Crippen LogP contribution in [-0.2, 0) is 4.79 Å². The molecule has 2 atom stereocenters. The zero-order valence-electron chi connectivity index (χ0n) is 9.66. The third kappa shape index (κ3) is 3.43. The van der Waals surface area contributed by atoms with Crippen molar-refractivity contribution < 1.29 is 9.18 Å². The van der Waals surface area contributed by atoms with Crippen LogP contribution in [0.5, 0.6) is 0 Å². The predicted octanol–water partition coefficient (Wildman–Crippen LogP) is 3.08. The Kier molecular flexibility index (Phi) is 5.56. The van der Waals surface area contributed by atoms with Crippen LogP contribution in [0.4, 0.5) is 10.1 Å². The second kappa shape index (κ2) is 6.50. The average molecular weight is 338 g/mol. The van der Waals surface area contributed by atoms with Gasteiger partial charge in [0.2, 0.25) is 5.91 Å². The highest BCUT2D eigenvalue weighted by Crippen LogP contribution is 2.26. The van der Waals surface area contributed by atoms with Gasteiger partial charge in [0.25, 0.3) is 0 Å². The second-order valence-electron chi connectivity index (χ2n) is 4.31. The molecule has 0 bridgehead atoms. The number of halogens is 3. The monoisotopic (exact) mass is 336 g/mol. The van der Waals surface area contributed by atoms with E-state index in [4.69, 9.17) is 5.73 Å². The van der Waals surface area contributed by atoms with Crippen LogP contribution < -0.4 is 11.1 Å². The molecule has 1 aliphatic carbocycles. The molecule has 0 saturated heterocycles. The Morgan fingerprint density at radius 1 is 1.44 bits per heavy atom. The van der Waals surface area contributed by atoms with Crippen LogP contribution in [0.1, 0.15) is 19.3 Å². The molecule has 2 unspecified atom stereocenters. The van der Waals surface area contributed by atoms with E-state index < -0.39 is 5.82 Å². The quantitative estimate of drug-likeness (QED) is 0.871. The van der Waals surface area contributed by atoms with Gasteiger partial charge in [0.1, 0.15) is 5.82 Å². The number of rotatable bonds is 2. The summed E-state index contributed by atoms with van der Waals surface area (Å²) in [6, 6.07) is 4.45. The van der Waals surface area contributed by atoms with Crippen molar-refractivity contribution in [3.63, 3.8) is 0 Å². The fourth-order valence-corrected chi connectivity index (χ4v) is 2.46. The predicted molar refractivity (Wildman–Crippen MR) is 75.3 cm³/mol. The highest BCUT2D eigenvalue weighted by atomic mass is 79.9. The molecule has 1 fully saturated rings. The minimum absolute atomic E-state index is 0. The molecule has 0 spiro atoms. The molecular weight excluding hydrogens is 322 g/mol. The Bertz CT molecular complexity index is 444. The third-order valence-corrected chi connectivity index (χ3v) is 3.59. The summed E-state index contributed by atoms with van der Waals surface area (Å²) in [4.78, 5) is 11.9. The largest absolute Gasteiger partial charge is 0.327 e. The van der Waals surface area contributed by atoms with Crippen LogP contribution in [0.2, 0.25) is 0 Å². The maximum atomic E-state index is 13.5. The van der Waals surface area contributed by atoms with Crippen LogP contribution in [0.15, 0.2) is 22.7 Å². The number of anilines is 1. The summed E-state index contributed by atoms with van der Waals surface area (Å²) in [5, 5.41) is 2.60. The van der Waals surface area contributed by atoms with Crippen LogP contribution in [0.3, 0.4) is 0 Å². The fourth-order valence-electron chi connectivity index (χ4n) is 2.13. The lowest BCUT2D eigenvalue weighted by Crippen LogP contribution is -2.34. The van der Waals surface area contributed by atoms with Crippen LogP contribution in [0, 0.1) is 11.7 Å². The summed E-state index contributed by atoms with van der Waals surface area (Å²) in [5.74, 6) is -0.825. The van der Waals surface area contributed by atoms with Crippen LogP contribution >= 0.6 is 28.3 Å². The van der Waals surface area contributed by atoms with E-state index in [9.17, 15) is 9.18 Å². The van der Waals surface area contributed by atoms with Crippen molar-refractivity contribution in [2.45, 2.75) is 25.3 Å².